The van der Waals surface area contributed by atoms with E-state index in [1.807, 2.05) is 19.2 Å². The Morgan fingerprint density at radius 2 is 2.12 bits per heavy atom. The lowest BCUT2D eigenvalue weighted by Gasteiger charge is -2.41. The molecule has 84 valence electrons. The van der Waals surface area contributed by atoms with Crippen LogP contribution in [-0.4, -0.2) is 13.1 Å². The summed E-state index contributed by atoms with van der Waals surface area (Å²) < 4.78 is 5.91. The normalized spacial score (nSPS) is 29.2. The van der Waals surface area contributed by atoms with E-state index in [1.165, 1.54) is 11.8 Å². The molecule has 1 N–H and O–H groups in total. The molecule has 3 unspecified atom stereocenters. The summed E-state index contributed by atoms with van der Waals surface area (Å²) in [4.78, 5) is 0. The Labute approximate surface area is 95.6 Å². The standard InChI is InChI=1S/C14H17NO/c1-9-11(8-12(9)15-2)14-7-10-5-3-4-6-13(10)16-14/h3-7,9,11-12,15H,8H2,1-2H3. The third-order valence-electron chi connectivity index (χ3n) is 3.96. The second-order valence-corrected chi connectivity index (χ2v) is 4.78. The van der Waals surface area contributed by atoms with Crippen LogP contribution in [0.1, 0.15) is 25.0 Å². The third kappa shape index (κ3) is 1.37. The van der Waals surface area contributed by atoms with E-state index >= 15 is 0 Å². The molecule has 0 saturated heterocycles. The van der Waals surface area contributed by atoms with Gasteiger partial charge >= 0.3 is 0 Å². The SMILES string of the molecule is CNC1CC(c2cc3ccccc3o2)C1C. The highest BCUT2D eigenvalue weighted by molar-refractivity contribution is 5.77. The zero-order chi connectivity index (χ0) is 11.1. The summed E-state index contributed by atoms with van der Waals surface area (Å²) in [6, 6.07) is 11.1. The van der Waals surface area contributed by atoms with Gasteiger partial charge in [0.05, 0.1) is 0 Å². The van der Waals surface area contributed by atoms with E-state index in [9.17, 15) is 0 Å². The van der Waals surface area contributed by atoms with Gasteiger partial charge < -0.3 is 9.73 Å². The molecule has 2 nitrogen and oxygen atoms in total. The topological polar surface area (TPSA) is 25.2 Å². The maximum absolute atomic E-state index is 5.91. The van der Waals surface area contributed by atoms with Crippen LogP contribution in [0.5, 0.6) is 0 Å². The molecule has 1 heterocycles. The van der Waals surface area contributed by atoms with Crippen molar-refractivity contribution in [1.82, 2.24) is 5.32 Å². The van der Waals surface area contributed by atoms with Crippen molar-refractivity contribution in [1.29, 1.82) is 0 Å². The van der Waals surface area contributed by atoms with E-state index in [1.54, 1.807) is 0 Å². The van der Waals surface area contributed by atoms with Crippen molar-refractivity contribution in [3.05, 3.63) is 36.1 Å². The van der Waals surface area contributed by atoms with Crippen LogP contribution in [0, 0.1) is 5.92 Å². The van der Waals surface area contributed by atoms with Crippen LogP contribution in [0.4, 0.5) is 0 Å². The molecule has 1 aromatic carbocycles. The van der Waals surface area contributed by atoms with E-state index in [0.717, 1.165) is 11.3 Å². The first kappa shape index (κ1) is 9.91. The molecule has 3 rings (SSSR count). The smallest absolute Gasteiger partial charge is 0.134 e. The predicted molar refractivity (Wildman–Crippen MR) is 65.6 cm³/mol. The fourth-order valence-corrected chi connectivity index (χ4v) is 2.73. The quantitative estimate of drug-likeness (QED) is 0.832. The number of para-hydroxylation sites is 1. The molecule has 1 aromatic heterocycles. The van der Waals surface area contributed by atoms with Gasteiger partial charge in [0.15, 0.2) is 0 Å². The molecular weight excluding hydrogens is 198 g/mol. The average Bonchev–Trinajstić information content (AvgIpc) is 2.70. The molecule has 1 aliphatic carbocycles. The first-order chi connectivity index (χ1) is 7.79. The second kappa shape index (κ2) is 3.63. The van der Waals surface area contributed by atoms with Gasteiger partial charge in [0.1, 0.15) is 11.3 Å². The zero-order valence-corrected chi connectivity index (χ0v) is 9.73. The minimum Gasteiger partial charge on any atom is -0.461 e. The van der Waals surface area contributed by atoms with Crippen molar-refractivity contribution >= 4 is 11.0 Å². The molecule has 1 aliphatic rings. The van der Waals surface area contributed by atoms with E-state index in [-0.39, 0.29) is 0 Å². The average molecular weight is 215 g/mol. The molecular formula is C14H17NO. The fourth-order valence-electron chi connectivity index (χ4n) is 2.73. The minimum atomic E-state index is 0.588. The van der Waals surface area contributed by atoms with Crippen molar-refractivity contribution in [2.24, 2.45) is 5.92 Å². The Morgan fingerprint density at radius 1 is 1.31 bits per heavy atom. The van der Waals surface area contributed by atoms with E-state index < -0.39 is 0 Å². The summed E-state index contributed by atoms with van der Waals surface area (Å²) in [5, 5.41) is 4.56. The van der Waals surface area contributed by atoms with Crippen LogP contribution in [0.15, 0.2) is 34.7 Å². The van der Waals surface area contributed by atoms with Crippen molar-refractivity contribution in [2.45, 2.75) is 25.3 Å². The molecule has 1 saturated carbocycles. The van der Waals surface area contributed by atoms with Gasteiger partial charge in [-0.2, -0.15) is 0 Å². The predicted octanol–water partition coefficient (Wildman–Crippen LogP) is 3.14. The largest absolute Gasteiger partial charge is 0.461 e. The first-order valence-electron chi connectivity index (χ1n) is 5.95. The summed E-state index contributed by atoms with van der Waals surface area (Å²) in [7, 11) is 2.04. The van der Waals surface area contributed by atoms with E-state index in [4.69, 9.17) is 4.42 Å². The molecule has 2 heteroatoms. The summed E-state index contributed by atoms with van der Waals surface area (Å²) in [6.45, 7) is 2.29. The highest BCUT2D eigenvalue weighted by Crippen LogP contribution is 2.43. The van der Waals surface area contributed by atoms with Crippen molar-refractivity contribution in [2.75, 3.05) is 7.05 Å². The Balaban J connectivity index is 1.90. The first-order valence-corrected chi connectivity index (χ1v) is 5.95. The fraction of sp³-hybridized carbons (Fsp3) is 0.429. The number of nitrogens with one attached hydrogen (secondary N) is 1. The molecule has 3 atom stereocenters. The summed E-state index contributed by atoms with van der Waals surface area (Å²) >= 11 is 0. The zero-order valence-electron chi connectivity index (χ0n) is 9.73. The van der Waals surface area contributed by atoms with Crippen LogP contribution < -0.4 is 5.32 Å². The molecule has 2 aromatic rings. The van der Waals surface area contributed by atoms with Gasteiger partial charge in [0.25, 0.3) is 0 Å². The molecule has 0 aliphatic heterocycles. The third-order valence-corrected chi connectivity index (χ3v) is 3.96. The minimum absolute atomic E-state index is 0.588. The molecule has 0 bridgehead atoms. The highest BCUT2D eigenvalue weighted by Gasteiger charge is 2.39. The van der Waals surface area contributed by atoms with Crippen molar-refractivity contribution in [3.8, 4) is 0 Å². The second-order valence-electron chi connectivity index (χ2n) is 4.78. The Morgan fingerprint density at radius 3 is 2.81 bits per heavy atom. The lowest BCUT2D eigenvalue weighted by atomic mass is 9.69. The molecule has 0 amide bonds. The van der Waals surface area contributed by atoms with Crippen LogP contribution in [-0.2, 0) is 0 Å². The van der Waals surface area contributed by atoms with E-state index in [2.05, 4.69) is 30.4 Å². The summed E-state index contributed by atoms with van der Waals surface area (Å²) in [5.41, 5.74) is 1.01. The molecule has 0 spiro atoms. The lowest BCUT2D eigenvalue weighted by molar-refractivity contribution is 0.173. The molecule has 0 radical (unpaired) electrons. The van der Waals surface area contributed by atoms with Crippen LogP contribution in [0.25, 0.3) is 11.0 Å². The van der Waals surface area contributed by atoms with Gasteiger partial charge in [-0.15, -0.1) is 0 Å². The van der Waals surface area contributed by atoms with Crippen molar-refractivity contribution < 1.29 is 4.42 Å². The number of hydrogen-bond donors (Lipinski definition) is 1. The van der Waals surface area contributed by atoms with Crippen LogP contribution in [0.3, 0.4) is 0 Å². The lowest BCUT2D eigenvalue weighted by Crippen LogP contribution is -2.46. The van der Waals surface area contributed by atoms with Gasteiger partial charge in [0, 0.05) is 17.3 Å². The van der Waals surface area contributed by atoms with Gasteiger partial charge in [-0.25, -0.2) is 0 Å². The Hall–Kier alpha value is -1.28. The van der Waals surface area contributed by atoms with Crippen LogP contribution in [0.2, 0.25) is 0 Å². The van der Waals surface area contributed by atoms with Crippen LogP contribution >= 0.6 is 0 Å². The highest BCUT2D eigenvalue weighted by atomic mass is 16.3. The maximum Gasteiger partial charge on any atom is 0.134 e. The van der Waals surface area contributed by atoms with Gasteiger partial charge in [0.2, 0.25) is 0 Å². The summed E-state index contributed by atoms with van der Waals surface area (Å²) in [5.74, 6) is 2.41. The Kier molecular flexibility index (Phi) is 2.25. The number of fused-ring (bicyclic) bond motifs is 1. The van der Waals surface area contributed by atoms with Gasteiger partial charge in [-0.1, -0.05) is 25.1 Å². The number of furan rings is 1. The maximum atomic E-state index is 5.91. The Bertz CT molecular complexity index is 469. The van der Waals surface area contributed by atoms with E-state index in [0.29, 0.717) is 17.9 Å². The van der Waals surface area contributed by atoms with Crippen molar-refractivity contribution in [3.63, 3.8) is 0 Å². The number of hydrogen-bond acceptors (Lipinski definition) is 2. The van der Waals surface area contributed by atoms with Gasteiger partial charge in [-0.3, -0.25) is 0 Å². The molecule has 1 fully saturated rings. The molecule has 16 heavy (non-hydrogen) atoms. The van der Waals surface area contributed by atoms with Gasteiger partial charge in [-0.05, 0) is 31.5 Å². The monoisotopic (exact) mass is 215 g/mol. The number of benzene rings is 1. The summed E-state index contributed by atoms with van der Waals surface area (Å²) in [6.07, 6.45) is 1.19. The number of rotatable bonds is 2.